The van der Waals surface area contributed by atoms with Gasteiger partial charge in [-0.1, -0.05) is 32.1 Å². The van der Waals surface area contributed by atoms with Crippen LogP contribution in [0.15, 0.2) is 0 Å². The van der Waals surface area contributed by atoms with Gasteiger partial charge in [-0.2, -0.15) is 8.42 Å². The van der Waals surface area contributed by atoms with Gasteiger partial charge in [0.05, 0.1) is 20.0 Å². The lowest BCUT2D eigenvalue weighted by molar-refractivity contribution is -0.140. The van der Waals surface area contributed by atoms with Crippen LogP contribution in [0.3, 0.4) is 0 Å². The molecule has 0 aliphatic rings. The molecule has 18 heavy (non-hydrogen) atoms. The molecule has 0 aliphatic carbocycles. The van der Waals surface area contributed by atoms with E-state index in [2.05, 4.69) is 8.92 Å². The van der Waals surface area contributed by atoms with Crippen molar-refractivity contribution in [3.8, 4) is 0 Å². The molecule has 0 heterocycles. The van der Waals surface area contributed by atoms with Gasteiger partial charge >= 0.3 is 5.97 Å². The second kappa shape index (κ2) is 10.3. The fraction of sp³-hybridized carbons (Fsp3) is 0.917. The third-order valence-corrected chi connectivity index (χ3v) is 3.15. The van der Waals surface area contributed by atoms with Gasteiger partial charge in [-0.25, -0.2) is 0 Å². The maximum atomic E-state index is 10.8. The molecule has 0 radical (unpaired) electrons. The van der Waals surface area contributed by atoms with Gasteiger partial charge in [0, 0.05) is 6.42 Å². The largest absolute Gasteiger partial charge is 0.469 e. The van der Waals surface area contributed by atoms with Crippen molar-refractivity contribution < 1.29 is 22.1 Å². The van der Waals surface area contributed by atoms with Crippen molar-refractivity contribution in [3.05, 3.63) is 0 Å². The van der Waals surface area contributed by atoms with E-state index in [0.29, 0.717) is 6.42 Å². The van der Waals surface area contributed by atoms with E-state index >= 15 is 0 Å². The molecule has 6 heteroatoms. The molecule has 0 N–H and O–H groups in total. The van der Waals surface area contributed by atoms with Gasteiger partial charge in [0.25, 0.3) is 10.1 Å². The van der Waals surface area contributed by atoms with E-state index in [-0.39, 0.29) is 12.6 Å². The molecule has 0 amide bonds. The monoisotopic (exact) mass is 280 g/mol. The molecule has 0 aromatic heterocycles. The normalized spacial score (nSPS) is 11.4. The van der Waals surface area contributed by atoms with E-state index in [1.165, 1.54) is 7.11 Å². The number of ether oxygens (including phenoxy) is 1. The molecule has 0 unspecified atom stereocenters. The summed E-state index contributed by atoms with van der Waals surface area (Å²) in [5.41, 5.74) is 0. The molecule has 0 fully saturated rings. The van der Waals surface area contributed by atoms with Gasteiger partial charge in [-0.15, -0.1) is 0 Å². The summed E-state index contributed by atoms with van der Waals surface area (Å²) in [7, 11) is -1.88. The molecule has 0 saturated carbocycles. The molecular weight excluding hydrogens is 256 g/mol. The van der Waals surface area contributed by atoms with E-state index in [4.69, 9.17) is 0 Å². The fourth-order valence-corrected chi connectivity index (χ4v) is 1.99. The first-order valence-corrected chi connectivity index (χ1v) is 8.18. The number of carbonyl (C=O) groups excluding carboxylic acids is 1. The minimum absolute atomic E-state index is 0.145. The lowest BCUT2D eigenvalue weighted by Crippen LogP contribution is -2.03. The highest BCUT2D eigenvalue weighted by molar-refractivity contribution is 7.85. The Labute approximate surface area is 110 Å². The van der Waals surface area contributed by atoms with E-state index in [1.54, 1.807) is 0 Å². The van der Waals surface area contributed by atoms with Crippen LogP contribution < -0.4 is 0 Å². The van der Waals surface area contributed by atoms with Crippen molar-refractivity contribution in [1.29, 1.82) is 0 Å². The van der Waals surface area contributed by atoms with E-state index in [0.717, 1.165) is 51.2 Å². The summed E-state index contributed by atoms with van der Waals surface area (Å²) in [5, 5.41) is 0. The molecule has 0 rings (SSSR count). The summed E-state index contributed by atoms with van der Waals surface area (Å²) in [5.74, 6) is -0.145. The van der Waals surface area contributed by atoms with Crippen molar-refractivity contribution in [2.45, 2.75) is 51.4 Å². The number of hydrogen-bond acceptors (Lipinski definition) is 5. The Bertz CT molecular complexity index is 310. The van der Waals surface area contributed by atoms with Crippen molar-refractivity contribution in [1.82, 2.24) is 0 Å². The topological polar surface area (TPSA) is 69.7 Å². The molecule has 0 saturated heterocycles. The molecule has 0 aromatic carbocycles. The van der Waals surface area contributed by atoms with Crippen LogP contribution in [0.25, 0.3) is 0 Å². The van der Waals surface area contributed by atoms with E-state index in [1.807, 2.05) is 0 Å². The third kappa shape index (κ3) is 13.4. The van der Waals surface area contributed by atoms with Crippen LogP contribution in [0.5, 0.6) is 0 Å². The van der Waals surface area contributed by atoms with Crippen LogP contribution in [-0.4, -0.2) is 34.4 Å². The lowest BCUT2D eigenvalue weighted by atomic mass is 10.1. The first-order chi connectivity index (χ1) is 8.45. The molecule has 0 bridgehead atoms. The first kappa shape index (κ1) is 17.4. The highest BCUT2D eigenvalue weighted by atomic mass is 32.2. The number of esters is 1. The zero-order valence-electron chi connectivity index (χ0n) is 11.3. The highest BCUT2D eigenvalue weighted by Crippen LogP contribution is 2.09. The Morgan fingerprint density at radius 1 is 0.944 bits per heavy atom. The van der Waals surface area contributed by atoms with Gasteiger partial charge < -0.3 is 4.74 Å². The van der Waals surface area contributed by atoms with E-state index in [9.17, 15) is 13.2 Å². The van der Waals surface area contributed by atoms with Crippen LogP contribution in [0.2, 0.25) is 0 Å². The average Bonchev–Trinajstić information content (AvgIpc) is 2.29. The molecule has 5 nitrogen and oxygen atoms in total. The van der Waals surface area contributed by atoms with Crippen molar-refractivity contribution >= 4 is 16.1 Å². The van der Waals surface area contributed by atoms with Crippen LogP contribution in [0.1, 0.15) is 51.4 Å². The fourth-order valence-electron chi connectivity index (χ4n) is 1.57. The SMILES string of the molecule is COC(=O)CCCCCCCCCOS(C)(=O)=O. The highest BCUT2D eigenvalue weighted by Gasteiger charge is 2.01. The zero-order valence-corrected chi connectivity index (χ0v) is 12.1. The minimum atomic E-state index is -3.28. The Kier molecular flexibility index (Phi) is 9.96. The first-order valence-electron chi connectivity index (χ1n) is 6.37. The molecular formula is C12H24O5S. The number of carbonyl (C=O) groups is 1. The molecule has 108 valence electrons. The molecule has 0 aromatic rings. The Morgan fingerprint density at radius 2 is 1.44 bits per heavy atom. The quantitative estimate of drug-likeness (QED) is 0.330. The maximum absolute atomic E-state index is 10.8. The summed E-state index contributed by atoms with van der Waals surface area (Å²) in [4.78, 5) is 10.8. The summed E-state index contributed by atoms with van der Waals surface area (Å²) < 4.78 is 30.5. The number of rotatable bonds is 11. The van der Waals surface area contributed by atoms with Gasteiger partial charge in [0.15, 0.2) is 0 Å². The van der Waals surface area contributed by atoms with Crippen molar-refractivity contribution in [2.24, 2.45) is 0 Å². The minimum Gasteiger partial charge on any atom is -0.469 e. The Morgan fingerprint density at radius 3 is 1.94 bits per heavy atom. The second-order valence-electron chi connectivity index (χ2n) is 4.33. The second-order valence-corrected chi connectivity index (χ2v) is 5.97. The van der Waals surface area contributed by atoms with Gasteiger partial charge in [0.2, 0.25) is 0 Å². The number of hydrogen-bond donors (Lipinski definition) is 0. The lowest BCUT2D eigenvalue weighted by Gasteiger charge is -2.02. The van der Waals surface area contributed by atoms with Gasteiger partial charge in [-0.3, -0.25) is 8.98 Å². The Hall–Kier alpha value is -0.620. The average molecular weight is 280 g/mol. The van der Waals surface area contributed by atoms with Crippen LogP contribution in [-0.2, 0) is 23.8 Å². The van der Waals surface area contributed by atoms with Crippen LogP contribution >= 0.6 is 0 Å². The summed E-state index contributed by atoms with van der Waals surface area (Å²) in [6.07, 6.45) is 8.52. The smallest absolute Gasteiger partial charge is 0.305 e. The predicted octanol–water partition coefficient (Wildman–Crippen LogP) is 2.26. The van der Waals surface area contributed by atoms with Gasteiger partial charge in [-0.05, 0) is 12.8 Å². The van der Waals surface area contributed by atoms with Crippen LogP contribution in [0.4, 0.5) is 0 Å². The number of methoxy groups -OCH3 is 1. The maximum Gasteiger partial charge on any atom is 0.305 e. The predicted molar refractivity (Wildman–Crippen MR) is 69.7 cm³/mol. The molecule has 0 atom stereocenters. The van der Waals surface area contributed by atoms with E-state index < -0.39 is 10.1 Å². The third-order valence-electron chi connectivity index (χ3n) is 2.55. The molecule has 0 aliphatic heterocycles. The van der Waals surface area contributed by atoms with Gasteiger partial charge in [0.1, 0.15) is 0 Å². The summed E-state index contributed by atoms with van der Waals surface area (Å²) >= 11 is 0. The zero-order chi connectivity index (χ0) is 13.9. The Balaban J connectivity index is 3.15. The number of unbranched alkanes of at least 4 members (excludes halogenated alkanes) is 6. The standard InChI is InChI=1S/C12H24O5S/c1-16-12(13)10-8-6-4-3-5-7-9-11-17-18(2,14)15/h3-11H2,1-2H3. The molecule has 0 spiro atoms. The summed E-state index contributed by atoms with van der Waals surface area (Å²) in [6.45, 7) is 0.279. The van der Waals surface area contributed by atoms with Crippen LogP contribution in [0, 0.1) is 0 Å². The van der Waals surface area contributed by atoms with Crippen molar-refractivity contribution in [2.75, 3.05) is 20.0 Å². The summed E-state index contributed by atoms with van der Waals surface area (Å²) in [6, 6.07) is 0. The van der Waals surface area contributed by atoms with Crippen molar-refractivity contribution in [3.63, 3.8) is 0 Å².